The van der Waals surface area contributed by atoms with Crippen molar-refractivity contribution < 1.29 is 53.8 Å². The lowest BCUT2D eigenvalue weighted by atomic mass is 9.88. The number of carboxylic acids is 1. The van der Waals surface area contributed by atoms with Gasteiger partial charge in [-0.15, -0.1) is 0 Å². The summed E-state index contributed by atoms with van der Waals surface area (Å²) in [4.78, 5) is 33.4. The molecule has 1 aliphatic heterocycles. The summed E-state index contributed by atoms with van der Waals surface area (Å²) in [5, 5.41) is 49.9. The molecule has 6 N–H and O–H groups in total. The van der Waals surface area contributed by atoms with Crippen LogP contribution >= 0.6 is 8.25 Å². The van der Waals surface area contributed by atoms with Crippen molar-refractivity contribution in [3.05, 3.63) is 0 Å². The first kappa shape index (κ1) is 20.8. The van der Waals surface area contributed by atoms with Crippen molar-refractivity contribution in [2.75, 3.05) is 6.61 Å². The zero-order valence-electron chi connectivity index (χ0n) is 12.4. The molecular formula is C11H18NO11P. The van der Waals surface area contributed by atoms with Gasteiger partial charge in [0.25, 0.3) is 0 Å². The van der Waals surface area contributed by atoms with Crippen LogP contribution in [0.15, 0.2) is 0 Å². The van der Waals surface area contributed by atoms with E-state index >= 15 is 0 Å². The van der Waals surface area contributed by atoms with Crippen LogP contribution in [0.1, 0.15) is 13.3 Å². The number of ether oxygens (including phenoxy) is 1. The number of carbonyl (C=O) groups is 2. The van der Waals surface area contributed by atoms with Gasteiger partial charge in [0.1, 0.15) is 18.3 Å². The minimum Gasteiger partial charge on any atom is -0.566 e. The van der Waals surface area contributed by atoms with Gasteiger partial charge in [-0.1, -0.05) is 4.52 Å². The summed E-state index contributed by atoms with van der Waals surface area (Å²) < 4.78 is 20.1. The van der Waals surface area contributed by atoms with Crippen LogP contribution in [0.4, 0.5) is 0 Å². The van der Waals surface area contributed by atoms with Gasteiger partial charge in [-0.25, -0.2) is 4.79 Å². The van der Waals surface area contributed by atoms with E-state index in [-0.39, 0.29) is 0 Å². The third kappa shape index (κ3) is 4.65. The summed E-state index contributed by atoms with van der Waals surface area (Å²) in [6.07, 6.45) is -8.14. The number of hydrogen-bond acceptors (Lipinski definition) is 10. The highest BCUT2D eigenvalue weighted by molar-refractivity contribution is 7.30. The molecule has 1 aliphatic rings. The molecule has 0 radical (unpaired) electrons. The predicted molar refractivity (Wildman–Crippen MR) is 71.3 cm³/mol. The third-order valence-corrected chi connectivity index (χ3v) is 3.85. The highest BCUT2D eigenvalue weighted by Crippen LogP contribution is 2.37. The number of aliphatic carboxylic acids is 1. The molecule has 1 heterocycles. The maximum absolute atomic E-state index is 11.4. The highest BCUT2D eigenvalue weighted by atomic mass is 31.1. The van der Waals surface area contributed by atoms with Crippen molar-refractivity contribution in [1.29, 1.82) is 0 Å². The van der Waals surface area contributed by atoms with Crippen LogP contribution in [0.3, 0.4) is 0 Å². The molecule has 2 unspecified atom stereocenters. The Kier molecular flexibility index (Phi) is 7.13. The number of aliphatic hydroxyl groups excluding tert-OH is 4. The second-order valence-corrected chi connectivity index (χ2v) is 5.82. The molecule has 0 aliphatic carbocycles. The Balaban J connectivity index is 3.24. The largest absolute Gasteiger partial charge is 0.566 e. The van der Waals surface area contributed by atoms with Crippen molar-refractivity contribution in [3.8, 4) is 0 Å². The van der Waals surface area contributed by atoms with Crippen LogP contribution in [0.25, 0.3) is 0 Å². The minimum atomic E-state index is -3.71. The van der Waals surface area contributed by atoms with Gasteiger partial charge >= 0.3 is 20.0 Å². The monoisotopic (exact) mass is 371 g/mol. The molecule has 0 aromatic heterocycles. The predicted octanol–water partition coefficient (Wildman–Crippen LogP) is -3.83. The molecule has 24 heavy (non-hydrogen) atoms. The van der Waals surface area contributed by atoms with Crippen LogP contribution in [-0.4, -0.2) is 80.3 Å². The lowest BCUT2D eigenvalue weighted by Gasteiger charge is -2.44. The fraction of sp³-hybridized carbons (Fsp3) is 0.818. The highest BCUT2D eigenvalue weighted by Gasteiger charge is 2.58. The molecular weight excluding hydrogens is 353 g/mol. The summed E-state index contributed by atoms with van der Waals surface area (Å²) in [7, 11) is -3.71. The van der Waals surface area contributed by atoms with E-state index < -0.39 is 69.4 Å². The number of amides is 1. The van der Waals surface area contributed by atoms with E-state index in [2.05, 4.69) is 9.84 Å². The Hall–Kier alpha value is -1.24. The van der Waals surface area contributed by atoms with Crippen molar-refractivity contribution in [2.45, 2.75) is 49.6 Å². The van der Waals surface area contributed by atoms with Crippen LogP contribution in [-0.2, 0) is 23.4 Å². The van der Waals surface area contributed by atoms with E-state index in [9.17, 15) is 39.5 Å². The van der Waals surface area contributed by atoms with E-state index in [1.165, 1.54) is 0 Å². The Morgan fingerprint density at radius 3 is 2.50 bits per heavy atom. The minimum absolute atomic E-state index is 0.669. The fourth-order valence-electron chi connectivity index (χ4n) is 2.34. The lowest BCUT2D eigenvalue weighted by molar-refractivity contribution is -0.299. The Bertz CT molecular complexity index is 502. The van der Waals surface area contributed by atoms with Crippen molar-refractivity contribution >= 4 is 20.1 Å². The molecule has 138 valence electrons. The first-order valence-electron chi connectivity index (χ1n) is 6.71. The lowest BCUT2D eigenvalue weighted by Crippen LogP contribution is -2.67. The summed E-state index contributed by atoms with van der Waals surface area (Å²) >= 11 is 0. The number of carbonyl (C=O) groups excluding carboxylic acids is 1. The van der Waals surface area contributed by atoms with Crippen LogP contribution in [0.5, 0.6) is 0 Å². The van der Waals surface area contributed by atoms with Crippen molar-refractivity contribution in [1.82, 2.24) is 5.32 Å². The van der Waals surface area contributed by atoms with Gasteiger partial charge in [-0.2, -0.15) is 0 Å². The molecule has 1 fully saturated rings. The molecule has 12 nitrogen and oxygen atoms in total. The zero-order chi connectivity index (χ0) is 18.7. The van der Waals surface area contributed by atoms with Gasteiger partial charge in [0.15, 0.2) is 0 Å². The molecule has 0 aromatic carbocycles. The second kappa shape index (κ2) is 8.23. The number of aliphatic hydroxyl groups is 4. The number of carboxylic acid groups (broad SMARTS) is 1. The topological polar surface area (TPSA) is 206 Å². The molecule has 0 aromatic rings. The fourth-order valence-corrected chi connectivity index (χ4v) is 2.78. The Labute approximate surface area is 136 Å². The molecule has 0 bridgehead atoms. The van der Waals surface area contributed by atoms with Gasteiger partial charge in [-0.05, 0) is 4.57 Å². The first-order chi connectivity index (χ1) is 11.0. The van der Waals surface area contributed by atoms with Crippen molar-refractivity contribution in [2.24, 2.45) is 0 Å². The summed E-state index contributed by atoms with van der Waals surface area (Å²) in [5.41, 5.74) is 0. The maximum atomic E-state index is 11.4. The first-order valence-corrected chi connectivity index (χ1v) is 7.80. The quantitative estimate of drug-likeness (QED) is 0.239. The SMILES string of the molecule is CC(=O)N[C@H]1[C@H]([C@H](O)[C@H](O)CO)OC(O[P+](=O)[O-])(C(=O)O)C[C@@H]1O. The van der Waals surface area contributed by atoms with Crippen molar-refractivity contribution in [3.63, 3.8) is 0 Å². The molecule has 1 rings (SSSR count). The summed E-state index contributed by atoms with van der Waals surface area (Å²) in [6, 6.07) is -1.39. The zero-order valence-corrected chi connectivity index (χ0v) is 13.3. The van der Waals surface area contributed by atoms with Gasteiger partial charge in [0, 0.05) is 13.3 Å². The van der Waals surface area contributed by atoms with Crippen LogP contribution in [0, 0.1) is 0 Å². The van der Waals surface area contributed by atoms with Crippen LogP contribution < -0.4 is 10.2 Å². The molecule has 0 spiro atoms. The second-order valence-electron chi connectivity index (χ2n) is 5.19. The van der Waals surface area contributed by atoms with E-state index in [1.807, 2.05) is 0 Å². The third-order valence-electron chi connectivity index (χ3n) is 3.41. The normalized spacial score (nSPS) is 33.4. The van der Waals surface area contributed by atoms with E-state index in [0.29, 0.717) is 0 Å². The Morgan fingerprint density at radius 2 is 2.08 bits per heavy atom. The van der Waals surface area contributed by atoms with E-state index in [1.54, 1.807) is 0 Å². The van der Waals surface area contributed by atoms with Crippen LogP contribution in [0.2, 0.25) is 0 Å². The number of rotatable bonds is 7. The molecule has 1 saturated heterocycles. The molecule has 1 amide bonds. The average Bonchev–Trinajstić information content (AvgIpc) is 2.47. The van der Waals surface area contributed by atoms with E-state index in [0.717, 1.165) is 6.92 Å². The number of hydrogen-bond donors (Lipinski definition) is 6. The maximum Gasteiger partial charge on any atom is 0.492 e. The van der Waals surface area contributed by atoms with Gasteiger partial charge < -0.3 is 40.5 Å². The average molecular weight is 371 g/mol. The molecule has 13 heteroatoms. The Morgan fingerprint density at radius 1 is 1.50 bits per heavy atom. The standard InChI is InChI=1S/C11H18NO11P/c1-4(14)12-7-5(15)2-11(10(18)19,23-24(20)21)22-9(7)8(17)6(16)3-13/h5-9,13,15-17H,2-3H2,1H3,(H,12,14)(H,18,19)/t5-,6+,7+,8+,9+,11?/m0/s1. The van der Waals surface area contributed by atoms with E-state index in [4.69, 9.17) is 9.84 Å². The molecule has 7 atom stereocenters. The smallest absolute Gasteiger partial charge is 0.492 e. The number of nitrogens with one attached hydrogen (secondary N) is 1. The van der Waals surface area contributed by atoms with Gasteiger partial charge in [0.05, 0.1) is 18.8 Å². The summed E-state index contributed by atoms with van der Waals surface area (Å²) in [5.74, 6) is -5.43. The molecule has 0 saturated carbocycles. The van der Waals surface area contributed by atoms with Gasteiger partial charge in [0.2, 0.25) is 5.91 Å². The summed E-state index contributed by atoms with van der Waals surface area (Å²) in [6.45, 7) is 0.128. The van der Waals surface area contributed by atoms with Gasteiger partial charge in [-0.3, -0.25) is 4.79 Å².